The van der Waals surface area contributed by atoms with Gasteiger partial charge in [0.1, 0.15) is 0 Å². The van der Waals surface area contributed by atoms with Crippen LogP contribution in [0.5, 0.6) is 0 Å². The lowest BCUT2D eigenvalue weighted by molar-refractivity contribution is 0.262. The Hall–Kier alpha value is -3.53. The van der Waals surface area contributed by atoms with E-state index < -0.39 is 6.03 Å². The Morgan fingerprint density at radius 1 is 1.11 bits per heavy atom. The van der Waals surface area contributed by atoms with Gasteiger partial charge in [0.2, 0.25) is 0 Å². The van der Waals surface area contributed by atoms with Crippen LogP contribution < -0.4 is 10.6 Å². The van der Waals surface area contributed by atoms with E-state index in [0.717, 1.165) is 5.56 Å². The molecule has 2 N–H and O–H groups in total. The van der Waals surface area contributed by atoms with E-state index in [0.29, 0.717) is 34.3 Å². The molecule has 0 atom stereocenters. The summed E-state index contributed by atoms with van der Waals surface area (Å²) in [7, 11) is 0. The molecular weight excluding hydrogens is 370 g/mol. The maximum Gasteiger partial charge on any atom is 0.323 e. The van der Waals surface area contributed by atoms with Crippen LogP contribution in [0.15, 0.2) is 43.2 Å². The van der Waals surface area contributed by atoms with Gasteiger partial charge >= 0.3 is 6.03 Å². The van der Waals surface area contributed by atoms with Crippen molar-refractivity contribution < 1.29 is 4.79 Å². The minimum Gasteiger partial charge on any atom is -0.306 e. The van der Waals surface area contributed by atoms with Gasteiger partial charge in [-0.15, -0.1) is 4.80 Å². The number of pyridine rings is 1. The van der Waals surface area contributed by atoms with Crippen LogP contribution >= 0.6 is 11.6 Å². The van der Waals surface area contributed by atoms with Crippen molar-refractivity contribution in [2.75, 3.05) is 10.6 Å². The molecule has 0 aliphatic heterocycles. The lowest BCUT2D eigenvalue weighted by Crippen LogP contribution is -2.21. The van der Waals surface area contributed by atoms with Crippen LogP contribution in [0.4, 0.5) is 16.2 Å². The third-order valence-corrected chi connectivity index (χ3v) is 4.10. The standard InChI is InChI=1S/C16H14ClN9O/c1-2-11-13(9-22-25-6-5-18-14(11)25)24-16(27)23-10-7-12(17)15(19-8-10)26-20-3-4-21-26/h3-9H,2H2,1H3,(H2,23,24,27). The molecule has 2 amide bonds. The molecule has 4 rings (SSSR count). The van der Waals surface area contributed by atoms with Crippen LogP contribution in [0.25, 0.3) is 11.5 Å². The van der Waals surface area contributed by atoms with Crippen LogP contribution in [-0.2, 0) is 6.42 Å². The molecule has 0 bridgehead atoms. The van der Waals surface area contributed by atoms with Crippen molar-refractivity contribution in [3.8, 4) is 5.82 Å². The summed E-state index contributed by atoms with van der Waals surface area (Å²) in [5, 5.41) is 18.0. The fraction of sp³-hybridized carbons (Fsp3) is 0.125. The van der Waals surface area contributed by atoms with Gasteiger partial charge in [0, 0.05) is 18.0 Å². The Morgan fingerprint density at radius 3 is 2.67 bits per heavy atom. The van der Waals surface area contributed by atoms with E-state index in [2.05, 4.69) is 35.9 Å². The molecule has 0 saturated carbocycles. The number of hydrogen-bond acceptors (Lipinski definition) is 6. The lowest BCUT2D eigenvalue weighted by atomic mass is 10.2. The second-order valence-electron chi connectivity index (χ2n) is 5.51. The van der Waals surface area contributed by atoms with Crippen molar-refractivity contribution in [1.82, 2.24) is 34.6 Å². The van der Waals surface area contributed by atoms with Gasteiger partial charge in [0.05, 0.1) is 41.2 Å². The molecule has 10 nitrogen and oxygen atoms in total. The number of aryl methyl sites for hydroxylation is 1. The normalized spacial score (nSPS) is 10.9. The summed E-state index contributed by atoms with van der Waals surface area (Å²) in [6.45, 7) is 1.98. The van der Waals surface area contributed by atoms with Gasteiger partial charge < -0.3 is 10.6 Å². The number of nitrogens with one attached hydrogen (secondary N) is 2. The summed E-state index contributed by atoms with van der Waals surface area (Å²) in [5.74, 6) is 0.370. The van der Waals surface area contributed by atoms with Crippen LogP contribution in [0.3, 0.4) is 0 Å². The molecule has 11 heteroatoms. The zero-order valence-corrected chi connectivity index (χ0v) is 14.9. The van der Waals surface area contributed by atoms with E-state index in [1.807, 2.05) is 6.92 Å². The largest absolute Gasteiger partial charge is 0.323 e. The molecule has 4 heterocycles. The number of hydrogen-bond donors (Lipinski definition) is 2. The van der Waals surface area contributed by atoms with Crippen molar-refractivity contribution >= 4 is 34.7 Å². The molecule has 0 aromatic carbocycles. The van der Waals surface area contributed by atoms with Gasteiger partial charge in [-0.05, 0) is 12.5 Å². The first kappa shape index (κ1) is 16.9. The van der Waals surface area contributed by atoms with Crippen molar-refractivity contribution in [2.24, 2.45) is 0 Å². The number of nitrogens with zero attached hydrogens (tertiary/aromatic N) is 7. The molecule has 0 fully saturated rings. The molecule has 0 radical (unpaired) electrons. The maximum atomic E-state index is 12.4. The van der Waals surface area contributed by atoms with Crippen LogP contribution in [-0.4, -0.2) is 40.6 Å². The van der Waals surface area contributed by atoms with Crippen molar-refractivity contribution in [3.63, 3.8) is 0 Å². The van der Waals surface area contributed by atoms with Gasteiger partial charge in [-0.1, -0.05) is 18.5 Å². The highest BCUT2D eigenvalue weighted by molar-refractivity contribution is 6.32. The Kier molecular flexibility index (Phi) is 4.38. The summed E-state index contributed by atoms with van der Waals surface area (Å²) in [5.41, 5.74) is 2.61. The van der Waals surface area contributed by atoms with Gasteiger partial charge in [-0.3, -0.25) is 0 Å². The maximum absolute atomic E-state index is 12.4. The van der Waals surface area contributed by atoms with E-state index >= 15 is 0 Å². The fourth-order valence-electron chi connectivity index (χ4n) is 2.64. The third kappa shape index (κ3) is 3.29. The Bertz CT molecular complexity index is 1110. The summed E-state index contributed by atoms with van der Waals surface area (Å²) < 4.78 is 1.66. The Balaban J connectivity index is 1.52. The SMILES string of the molecule is CCc1c(NC(=O)Nc2cnc(-n3nccn3)c(Cl)c2)cnn2ccnc12. The molecular formula is C16H14ClN9O. The minimum atomic E-state index is -0.440. The topological polar surface area (TPSA) is 115 Å². The first-order valence-corrected chi connectivity index (χ1v) is 8.45. The van der Waals surface area contributed by atoms with Gasteiger partial charge in [-0.2, -0.15) is 15.3 Å². The molecule has 0 aliphatic rings. The van der Waals surface area contributed by atoms with Crippen LogP contribution in [0.1, 0.15) is 12.5 Å². The number of halogens is 1. The number of anilines is 2. The second-order valence-corrected chi connectivity index (χ2v) is 5.92. The third-order valence-electron chi connectivity index (χ3n) is 3.82. The van der Waals surface area contributed by atoms with Crippen molar-refractivity contribution in [2.45, 2.75) is 13.3 Å². The molecule has 0 saturated heterocycles. The number of carbonyl (C=O) groups excluding carboxylic acids is 1. The van der Waals surface area contributed by atoms with E-state index in [1.165, 1.54) is 23.4 Å². The molecule has 4 aromatic rings. The zero-order valence-electron chi connectivity index (χ0n) is 14.2. The number of fused-ring (bicyclic) bond motifs is 1. The van der Waals surface area contributed by atoms with Crippen molar-refractivity contribution in [1.29, 1.82) is 0 Å². The second kappa shape index (κ2) is 7.00. The fourth-order valence-corrected chi connectivity index (χ4v) is 2.88. The summed E-state index contributed by atoms with van der Waals surface area (Å²) >= 11 is 6.21. The quantitative estimate of drug-likeness (QED) is 0.559. The van der Waals surface area contributed by atoms with Crippen LogP contribution in [0, 0.1) is 0 Å². The van der Waals surface area contributed by atoms with Gasteiger partial charge in [-0.25, -0.2) is 19.3 Å². The average Bonchev–Trinajstić information content (AvgIpc) is 3.33. The number of rotatable bonds is 4. The number of imidazole rings is 1. The number of amides is 2. The minimum absolute atomic E-state index is 0.304. The Morgan fingerprint density at radius 2 is 1.93 bits per heavy atom. The number of carbonyl (C=O) groups is 1. The summed E-state index contributed by atoms with van der Waals surface area (Å²) in [6.07, 6.45) is 10.2. The van der Waals surface area contributed by atoms with E-state index in [9.17, 15) is 4.79 Å². The lowest BCUT2D eigenvalue weighted by Gasteiger charge is -2.12. The highest BCUT2D eigenvalue weighted by atomic mass is 35.5. The molecule has 4 aromatic heterocycles. The molecule has 27 heavy (non-hydrogen) atoms. The van der Waals surface area contributed by atoms with Crippen LogP contribution in [0.2, 0.25) is 5.02 Å². The van der Waals surface area contributed by atoms with Gasteiger partial charge in [0.15, 0.2) is 11.5 Å². The zero-order chi connectivity index (χ0) is 18.8. The van der Waals surface area contributed by atoms with Gasteiger partial charge in [0.25, 0.3) is 0 Å². The molecule has 0 aliphatic carbocycles. The van der Waals surface area contributed by atoms with Crippen molar-refractivity contribution in [3.05, 3.63) is 53.8 Å². The summed E-state index contributed by atoms with van der Waals surface area (Å²) in [6, 6.07) is 1.13. The molecule has 0 spiro atoms. The predicted molar refractivity (Wildman–Crippen MR) is 99.2 cm³/mol. The average molecular weight is 384 g/mol. The molecule has 136 valence electrons. The van der Waals surface area contributed by atoms with E-state index in [1.54, 1.807) is 29.2 Å². The van der Waals surface area contributed by atoms with E-state index in [4.69, 9.17) is 11.6 Å². The predicted octanol–water partition coefficient (Wildman–Crippen LogP) is 2.56. The first-order valence-electron chi connectivity index (χ1n) is 8.07. The summed E-state index contributed by atoms with van der Waals surface area (Å²) in [4.78, 5) is 22.1. The number of aromatic nitrogens is 7. The Labute approximate surface area is 158 Å². The highest BCUT2D eigenvalue weighted by Crippen LogP contribution is 2.22. The van der Waals surface area contributed by atoms with E-state index in [-0.39, 0.29) is 0 Å². The number of urea groups is 1. The monoisotopic (exact) mass is 383 g/mol. The molecule has 0 unspecified atom stereocenters. The smallest absolute Gasteiger partial charge is 0.306 e. The highest BCUT2D eigenvalue weighted by Gasteiger charge is 2.13. The first-order chi connectivity index (χ1) is 13.2.